The van der Waals surface area contributed by atoms with Crippen LogP contribution in [0, 0.1) is 21.4 Å². The molecule has 3 rings (SSSR count). The molecule has 0 saturated carbocycles. The van der Waals surface area contributed by atoms with E-state index in [9.17, 15) is 20.2 Å². The molecular weight excluding hydrogens is 398 g/mol. The van der Waals surface area contributed by atoms with Crippen LogP contribution in [0.2, 0.25) is 0 Å². The number of nitro benzene ring substituents is 1. The number of nitriles is 1. The summed E-state index contributed by atoms with van der Waals surface area (Å²) < 4.78 is 11.1. The molecule has 0 spiro atoms. The number of rotatable bonds is 8. The summed E-state index contributed by atoms with van der Waals surface area (Å²) in [6.07, 6.45) is 2.81. The normalized spacial score (nSPS) is 15.0. The predicted octanol–water partition coefficient (Wildman–Crippen LogP) is 4.33. The van der Waals surface area contributed by atoms with Crippen molar-refractivity contribution >= 4 is 17.3 Å². The van der Waals surface area contributed by atoms with E-state index in [0.29, 0.717) is 55.2 Å². The quantitative estimate of drug-likeness (QED) is 0.384. The van der Waals surface area contributed by atoms with E-state index in [2.05, 4.69) is 18.3 Å². The fourth-order valence-electron chi connectivity index (χ4n) is 3.66. The molecule has 1 N–H and O–H groups in total. The minimum atomic E-state index is -0.892. The maximum absolute atomic E-state index is 13.4. The van der Waals surface area contributed by atoms with E-state index in [-0.39, 0.29) is 11.6 Å². The molecule has 0 radical (unpaired) electrons. The van der Waals surface area contributed by atoms with Crippen molar-refractivity contribution in [2.45, 2.75) is 38.0 Å². The zero-order valence-electron chi connectivity index (χ0n) is 17.4. The molecule has 1 aliphatic rings. The summed E-state index contributed by atoms with van der Waals surface area (Å²) in [5, 5.41) is 23.4. The number of hydrogen-bond acceptors (Lipinski definition) is 6. The Morgan fingerprint density at radius 2 is 1.97 bits per heavy atom. The monoisotopic (exact) mass is 423 g/mol. The number of amides is 1. The third-order valence-corrected chi connectivity index (χ3v) is 5.54. The number of benzene rings is 2. The van der Waals surface area contributed by atoms with Gasteiger partial charge in [0.15, 0.2) is 0 Å². The van der Waals surface area contributed by atoms with E-state index in [4.69, 9.17) is 9.47 Å². The fourth-order valence-corrected chi connectivity index (χ4v) is 3.66. The Hall–Kier alpha value is -3.44. The molecule has 1 aliphatic heterocycles. The molecule has 31 heavy (non-hydrogen) atoms. The number of nitrogens with zero attached hydrogens (tertiary/aromatic N) is 2. The SMILES string of the molecule is CCCCOc1ccc(NC(=O)C2(c3ccc([N+](=O)[O-])cc3)CCOCC2)c(C#N)c1. The summed E-state index contributed by atoms with van der Waals surface area (Å²) in [6, 6.07) is 13.2. The molecule has 1 amide bonds. The van der Waals surface area contributed by atoms with E-state index in [1.165, 1.54) is 12.1 Å². The van der Waals surface area contributed by atoms with Crippen molar-refractivity contribution < 1.29 is 19.2 Å². The van der Waals surface area contributed by atoms with Gasteiger partial charge in [0.05, 0.1) is 28.2 Å². The number of nitrogens with one attached hydrogen (secondary N) is 1. The maximum Gasteiger partial charge on any atom is 0.269 e. The Morgan fingerprint density at radius 1 is 1.26 bits per heavy atom. The first-order valence-electron chi connectivity index (χ1n) is 10.3. The van der Waals surface area contributed by atoms with Gasteiger partial charge in [-0.2, -0.15) is 5.26 Å². The van der Waals surface area contributed by atoms with Crippen LogP contribution in [0.1, 0.15) is 43.7 Å². The fraction of sp³-hybridized carbons (Fsp3) is 0.391. The van der Waals surface area contributed by atoms with Crippen LogP contribution < -0.4 is 10.1 Å². The van der Waals surface area contributed by atoms with Crippen molar-refractivity contribution in [2.75, 3.05) is 25.1 Å². The molecular formula is C23H25N3O5. The van der Waals surface area contributed by atoms with Gasteiger partial charge < -0.3 is 14.8 Å². The summed E-state index contributed by atoms with van der Waals surface area (Å²) in [5.41, 5.74) is 0.487. The van der Waals surface area contributed by atoms with E-state index in [1.54, 1.807) is 30.3 Å². The lowest BCUT2D eigenvalue weighted by atomic mass is 9.73. The molecule has 2 aromatic carbocycles. The molecule has 1 fully saturated rings. The Kier molecular flexibility index (Phi) is 7.21. The lowest BCUT2D eigenvalue weighted by Crippen LogP contribution is -2.45. The standard InChI is InChI=1S/C23H25N3O5/c1-2-3-12-31-20-8-9-21(17(15-20)16-24)25-22(27)23(10-13-30-14-11-23)18-4-6-19(7-5-18)26(28)29/h4-9,15H,2-3,10-14H2,1H3,(H,25,27). The number of carbonyl (C=O) groups is 1. The summed E-state index contributed by atoms with van der Waals surface area (Å²) in [7, 11) is 0. The van der Waals surface area contributed by atoms with Gasteiger partial charge in [0.1, 0.15) is 11.8 Å². The Morgan fingerprint density at radius 3 is 2.58 bits per heavy atom. The Bertz CT molecular complexity index is 976. The molecule has 1 saturated heterocycles. The van der Waals surface area contributed by atoms with E-state index in [1.807, 2.05) is 0 Å². The van der Waals surface area contributed by atoms with Gasteiger partial charge in [-0.05, 0) is 43.0 Å². The molecule has 0 unspecified atom stereocenters. The van der Waals surface area contributed by atoms with Crippen molar-refractivity contribution in [3.05, 3.63) is 63.7 Å². The predicted molar refractivity (Wildman–Crippen MR) is 115 cm³/mol. The van der Waals surface area contributed by atoms with Gasteiger partial charge in [-0.3, -0.25) is 14.9 Å². The van der Waals surface area contributed by atoms with Crippen LogP contribution in [-0.4, -0.2) is 30.7 Å². The summed E-state index contributed by atoms with van der Waals surface area (Å²) in [4.78, 5) is 24.0. The second kappa shape index (κ2) is 10.0. The molecule has 1 heterocycles. The number of unbranched alkanes of at least 4 members (excludes halogenated alkanes) is 1. The Balaban J connectivity index is 1.86. The second-order valence-electron chi connectivity index (χ2n) is 7.47. The van der Waals surface area contributed by atoms with Crippen LogP contribution in [0.3, 0.4) is 0 Å². The van der Waals surface area contributed by atoms with Gasteiger partial charge in [-0.15, -0.1) is 0 Å². The molecule has 8 nitrogen and oxygen atoms in total. The molecule has 0 atom stereocenters. The minimum absolute atomic E-state index is 0.0307. The van der Waals surface area contributed by atoms with Crippen molar-refractivity contribution in [3.8, 4) is 11.8 Å². The number of nitro groups is 1. The van der Waals surface area contributed by atoms with Crippen molar-refractivity contribution in [3.63, 3.8) is 0 Å². The highest BCUT2D eigenvalue weighted by Crippen LogP contribution is 2.37. The molecule has 8 heteroatoms. The molecule has 162 valence electrons. The highest BCUT2D eigenvalue weighted by Gasteiger charge is 2.42. The highest BCUT2D eigenvalue weighted by molar-refractivity contribution is 6.00. The zero-order valence-corrected chi connectivity index (χ0v) is 17.4. The number of ether oxygens (including phenoxy) is 2. The van der Waals surface area contributed by atoms with Gasteiger partial charge in [-0.25, -0.2) is 0 Å². The van der Waals surface area contributed by atoms with Crippen LogP contribution >= 0.6 is 0 Å². The number of anilines is 1. The average molecular weight is 423 g/mol. The largest absolute Gasteiger partial charge is 0.494 e. The average Bonchev–Trinajstić information content (AvgIpc) is 2.80. The van der Waals surface area contributed by atoms with Gasteiger partial charge in [-0.1, -0.05) is 25.5 Å². The van der Waals surface area contributed by atoms with E-state index in [0.717, 1.165) is 12.8 Å². The molecule has 2 aromatic rings. The lowest BCUT2D eigenvalue weighted by Gasteiger charge is -2.36. The molecule has 0 aliphatic carbocycles. The van der Waals surface area contributed by atoms with Crippen molar-refractivity contribution in [2.24, 2.45) is 0 Å². The third-order valence-electron chi connectivity index (χ3n) is 5.54. The first-order valence-corrected chi connectivity index (χ1v) is 10.3. The van der Waals surface area contributed by atoms with Gasteiger partial charge in [0, 0.05) is 25.3 Å². The second-order valence-corrected chi connectivity index (χ2v) is 7.47. The van der Waals surface area contributed by atoms with Crippen LogP contribution in [0.5, 0.6) is 5.75 Å². The molecule has 0 bridgehead atoms. The smallest absolute Gasteiger partial charge is 0.269 e. The van der Waals surface area contributed by atoms with Crippen molar-refractivity contribution in [1.29, 1.82) is 5.26 Å². The molecule has 0 aromatic heterocycles. The van der Waals surface area contributed by atoms with Gasteiger partial charge in [0.25, 0.3) is 5.69 Å². The van der Waals surface area contributed by atoms with E-state index < -0.39 is 10.3 Å². The van der Waals surface area contributed by atoms with E-state index >= 15 is 0 Å². The summed E-state index contributed by atoms with van der Waals surface area (Å²) in [5.74, 6) is 0.319. The first-order chi connectivity index (χ1) is 15.0. The van der Waals surface area contributed by atoms with Gasteiger partial charge in [0.2, 0.25) is 5.91 Å². The van der Waals surface area contributed by atoms with Crippen LogP contribution in [0.25, 0.3) is 0 Å². The van der Waals surface area contributed by atoms with Crippen LogP contribution in [-0.2, 0) is 14.9 Å². The summed E-state index contributed by atoms with van der Waals surface area (Å²) >= 11 is 0. The van der Waals surface area contributed by atoms with Crippen LogP contribution in [0.4, 0.5) is 11.4 Å². The lowest BCUT2D eigenvalue weighted by molar-refractivity contribution is -0.384. The minimum Gasteiger partial charge on any atom is -0.494 e. The highest BCUT2D eigenvalue weighted by atomic mass is 16.6. The number of hydrogen-bond donors (Lipinski definition) is 1. The number of carbonyl (C=O) groups excluding carboxylic acids is 1. The van der Waals surface area contributed by atoms with Crippen LogP contribution in [0.15, 0.2) is 42.5 Å². The maximum atomic E-state index is 13.4. The zero-order chi connectivity index (χ0) is 22.3. The summed E-state index contributed by atoms with van der Waals surface area (Å²) in [6.45, 7) is 3.44. The third kappa shape index (κ3) is 5.01. The Labute approximate surface area is 180 Å². The first kappa shape index (κ1) is 22.2. The van der Waals surface area contributed by atoms with Crippen molar-refractivity contribution in [1.82, 2.24) is 0 Å². The number of non-ortho nitro benzene ring substituents is 1. The topological polar surface area (TPSA) is 114 Å². The van der Waals surface area contributed by atoms with Gasteiger partial charge >= 0.3 is 0 Å².